The Balaban J connectivity index is 2.12. The molecule has 7 nitrogen and oxygen atoms in total. The summed E-state index contributed by atoms with van der Waals surface area (Å²) in [5.74, 6) is -0.366. The van der Waals surface area contributed by atoms with Crippen molar-refractivity contribution in [1.29, 1.82) is 0 Å². The van der Waals surface area contributed by atoms with Crippen LogP contribution in [0.15, 0.2) is 24.3 Å². The van der Waals surface area contributed by atoms with Crippen LogP contribution in [0.2, 0.25) is 0 Å². The van der Waals surface area contributed by atoms with E-state index in [4.69, 9.17) is 5.73 Å². The van der Waals surface area contributed by atoms with E-state index in [0.717, 1.165) is 0 Å². The van der Waals surface area contributed by atoms with E-state index in [1.54, 1.807) is 31.2 Å². The normalized spacial score (nSPS) is 18.4. The highest BCUT2D eigenvalue weighted by Crippen LogP contribution is 2.14. The van der Waals surface area contributed by atoms with Crippen molar-refractivity contribution in [1.82, 2.24) is 10.2 Å². The second-order valence-corrected chi connectivity index (χ2v) is 4.53. The first-order chi connectivity index (χ1) is 9.49. The minimum Gasteiger partial charge on any atom is -0.353 e. The third-order valence-electron chi connectivity index (χ3n) is 3.16. The van der Waals surface area contributed by atoms with Gasteiger partial charge in [-0.1, -0.05) is 0 Å². The fourth-order valence-electron chi connectivity index (χ4n) is 2.06. The van der Waals surface area contributed by atoms with E-state index in [2.05, 4.69) is 10.6 Å². The van der Waals surface area contributed by atoms with Crippen molar-refractivity contribution in [3.05, 3.63) is 29.8 Å². The van der Waals surface area contributed by atoms with Crippen molar-refractivity contribution in [2.45, 2.75) is 13.0 Å². The summed E-state index contributed by atoms with van der Waals surface area (Å²) in [6.07, 6.45) is 0. The Kier molecular flexibility index (Phi) is 3.88. The highest BCUT2D eigenvalue weighted by Gasteiger charge is 2.29. The first-order valence-electron chi connectivity index (χ1n) is 6.24. The number of primary amides is 1. The molecule has 106 valence electrons. The van der Waals surface area contributed by atoms with Crippen LogP contribution in [-0.4, -0.2) is 41.9 Å². The Bertz CT molecular complexity index is 541. The number of nitrogens with two attached hydrogens (primary N) is 1. The summed E-state index contributed by atoms with van der Waals surface area (Å²) in [6, 6.07) is 5.21. The molecule has 1 heterocycles. The molecule has 1 atom stereocenters. The molecular formula is C13H16N4O3. The molecule has 4 amide bonds. The van der Waals surface area contributed by atoms with Gasteiger partial charge >= 0.3 is 6.03 Å². The summed E-state index contributed by atoms with van der Waals surface area (Å²) in [5, 5.41) is 5.12. The summed E-state index contributed by atoms with van der Waals surface area (Å²) in [6.45, 7) is 2.62. The maximum absolute atomic E-state index is 12.3. The SMILES string of the molecule is CC1C(=O)NCCN1C(=O)c1ccc(NC(N)=O)cc1. The minimum atomic E-state index is -0.662. The lowest BCUT2D eigenvalue weighted by Crippen LogP contribution is -2.55. The Morgan fingerprint density at radius 2 is 2.00 bits per heavy atom. The number of anilines is 1. The minimum absolute atomic E-state index is 0.156. The molecule has 4 N–H and O–H groups in total. The zero-order valence-electron chi connectivity index (χ0n) is 11.1. The van der Waals surface area contributed by atoms with Gasteiger partial charge in [-0.05, 0) is 31.2 Å². The molecule has 0 saturated carbocycles. The van der Waals surface area contributed by atoms with E-state index in [0.29, 0.717) is 24.3 Å². The maximum atomic E-state index is 12.3. The number of carbonyl (C=O) groups is 3. The van der Waals surface area contributed by atoms with Gasteiger partial charge in [-0.15, -0.1) is 0 Å². The van der Waals surface area contributed by atoms with Crippen molar-refractivity contribution >= 4 is 23.5 Å². The predicted octanol–water partition coefficient (Wildman–Crippen LogP) is 0.138. The smallest absolute Gasteiger partial charge is 0.316 e. The average Bonchev–Trinajstić information content (AvgIpc) is 2.41. The highest BCUT2D eigenvalue weighted by atomic mass is 16.2. The molecule has 0 radical (unpaired) electrons. The Labute approximate surface area is 116 Å². The van der Waals surface area contributed by atoms with Crippen molar-refractivity contribution < 1.29 is 14.4 Å². The van der Waals surface area contributed by atoms with E-state index in [1.807, 2.05) is 0 Å². The Morgan fingerprint density at radius 3 is 2.60 bits per heavy atom. The van der Waals surface area contributed by atoms with Gasteiger partial charge in [0.15, 0.2) is 0 Å². The largest absolute Gasteiger partial charge is 0.353 e. The van der Waals surface area contributed by atoms with Crippen LogP contribution in [0.5, 0.6) is 0 Å². The summed E-state index contributed by atoms with van der Waals surface area (Å²) >= 11 is 0. The van der Waals surface area contributed by atoms with Crippen LogP contribution in [0.1, 0.15) is 17.3 Å². The fraction of sp³-hybridized carbons (Fsp3) is 0.308. The van der Waals surface area contributed by atoms with Gasteiger partial charge in [-0.3, -0.25) is 9.59 Å². The molecule has 1 fully saturated rings. The monoisotopic (exact) mass is 276 g/mol. The van der Waals surface area contributed by atoms with Gasteiger partial charge in [0.25, 0.3) is 5.91 Å². The zero-order valence-corrected chi connectivity index (χ0v) is 11.1. The molecular weight excluding hydrogens is 260 g/mol. The van der Waals surface area contributed by atoms with Crippen LogP contribution < -0.4 is 16.4 Å². The number of benzene rings is 1. The predicted molar refractivity (Wildman–Crippen MR) is 73.2 cm³/mol. The van der Waals surface area contributed by atoms with Crippen LogP contribution in [0.25, 0.3) is 0 Å². The van der Waals surface area contributed by atoms with E-state index in [1.165, 1.54) is 4.90 Å². The molecule has 20 heavy (non-hydrogen) atoms. The summed E-state index contributed by atoms with van der Waals surface area (Å²) in [7, 11) is 0. The van der Waals surface area contributed by atoms with E-state index in [9.17, 15) is 14.4 Å². The standard InChI is InChI=1S/C13H16N4O3/c1-8-11(18)15-6-7-17(8)12(19)9-2-4-10(5-3-9)16-13(14)20/h2-5,8H,6-7H2,1H3,(H,15,18)(H3,14,16,20). The van der Waals surface area contributed by atoms with Crippen LogP contribution >= 0.6 is 0 Å². The third-order valence-corrected chi connectivity index (χ3v) is 3.16. The quantitative estimate of drug-likeness (QED) is 0.715. The van der Waals surface area contributed by atoms with Crippen molar-refractivity contribution in [3.8, 4) is 0 Å². The van der Waals surface area contributed by atoms with Gasteiger partial charge in [0.2, 0.25) is 5.91 Å². The van der Waals surface area contributed by atoms with E-state index >= 15 is 0 Å². The van der Waals surface area contributed by atoms with E-state index in [-0.39, 0.29) is 11.8 Å². The number of nitrogens with one attached hydrogen (secondary N) is 2. The second kappa shape index (κ2) is 5.60. The Morgan fingerprint density at radius 1 is 1.35 bits per heavy atom. The highest BCUT2D eigenvalue weighted by molar-refractivity contribution is 5.98. The summed E-state index contributed by atoms with van der Waals surface area (Å²) in [5.41, 5.74) is 5.98. The van der Waals surface area contributed by atoms with Crippen LogP contribution in [-0.2, 0) is 4.79 Å². The maximum Gasteiger partial charge on any atom is 0.316 e. The molecule has 0 spiro atoms. The lowest BCUT2D eigenvalue weighted by Gasteiger charge is -2.32. The molecule has 1 aromatic carbocycles. The van der Waals surface area contributed by atoms with Crippen LogP contribution in [0.4, 0.5) is 10.5 Å². The van der Waals surface area contributed by atoms with Gasteiger partial charge in [-0.2, -0.15) is 0 Å². The fourth-order valence-corrected chi connectivity index (χ4v) is 2.06. The lowest BCUT2D eigenvalue weighted by atomic mass is 10.1. The summed E-state index contributed by atoms with van der Waals surface area (Å²) < 4.78 is 0. The number of rotatable bonds is 2. The van der Waals surface area contributed by atoms with Crippen LogP contribution in [0.3, 0.4) is 0 Å². The van der Waals surface area contributed by atoms with Crippen molar-refractivity contribution in [2.75, 3.05) is 18.4 Å². The Hall–Kier alpha value is -2.57. The lowest BCUT2D eigenvalue weighted by molar-refractivity contribution is -0.127. The number of nitrogens with zero attached hydrogens (tertiary/aromatic N) is 1. The number of amides is 4. The number of carbonyl (C=O) groups excluding carboxylic acids is 3. The molecule has 1 aromatic rings. The molecule has 0 aromatic heterocycles. The molecule has 7 heteroatoms. The zero-order chi connectivity index (χ0) is 14.7. The third kappa shape index (κ3) is 2.87. The second-order valence-electron chi connectivity index (χ2n) is 4.53. The van der Waals surface area contributed by atoms with Crippen molar-refractivity contribution in [2.24, 2.45) is 5.73 Å². The number of hydrogen-bond acceptors (Lipinski definition) is 3. The molecule has 1 saturated heterocycles. The molecule has 2 rings (SSSR count). The molecule has 1 unspecified atom stereocenters. The van der Waals surface area contributed by atoms with Gasteiger partial charge in [0.05, 0.1) is 0 Å². The topological polar surface area (TPSA) is 105 Å². The van der Waals surface area contributed by atoms with Crippen LogP contribution in [0, 0.1) is 0 Å². The molecule has 0 bridgehead atoms. The number of hydrogen-bond donors (Lipinski definition) is 3. The molecule has 0 aliphatic carbocycles. The first kappa shape index (κ1) is 13.9. The molecule has 1 aliphatic heterocycles. The number of piperazine rings is 1. The van der Waals surface area contributed by atoms with Gasteiger partial charge < -0.3 is 21.3 Å². The van der Waals surface area contributed by atoms with Gasteiger partial charge in [-0.25, -0.2) is 4.79 Å². The summed E-state index contributed by atoms with van der Waals surface area (Å²) in [4.78, 5) is 36.1. The van der Waals surface area contributed by atoms with Crippen molar-refractivity contribution in [3.63, 3.8) is 0 Å². The first-order valence-corrected chi connectivity index (χ1v) is 6.24. The number of urea groups is 1. The van der Waals surface area contributed by atoms with Gasteiger partial charge in [0, 0.05) is 24.3 Å². The molecule has 1 aliphatic rings. The van der Waals surface area contributed by atoms with Gasteiger partial charge in [0.1, 0.15) is 6.04 Å². The van der Waals surface area contributed by atoms with E-state index < -0.39 is 12.1 Å². The average molecular weight is 276 g/mol.